The number of allylic oxidation sites excluding steroid dienone is 1. The van der Waals surface area contributed by atoms with Crippen molar-refractivity contribution in [1.29, 1.82) is 0 Å². The van der Waals surface area contributed by atoms with Crippen LogP contribution in [0.1, 0.15) is 42.3 Å². The molecule has 0 aliphatic heterocycles. The minimum atomic E-state index is -1.09. The summed E-state index contributed by atoms with van der Waals surface area (Å²) in [5, 5.41) is 5.09. The third kappa shape index (κ3) is 4.83. The van der Waals surface area contributed by atoms with Crippen LogP contribution in [0.15, 0.2) is 35.3 Å². The first-order valence-corrected chi connectivity index (χ1v) is 9.78. The van der Waals surface area contributed by atoms with Crippen molar-refractivity contribution in [1.82, 2.24) is 14.8 Å². The quantitative estimate of drug-likeness (QED) is 0.820. The number of pyridine rings is 1. The van der Waals surface area contributed by atoms with E-state index in [0.29, 0.717) is 11.4 Å². The van der Waals surface area contributed by atoms with E-state index in [2.05, 4.69) is 23.9 Å². The summed E-state index contributed by atoms with van der Waals surface area (Å²) in [6.45, 7) is 6.35. The second kappa shape index (κ2) is 8.49. The molecule has 0 saturated heterocycles. The second-order valence-corrected chi connectivity index (χ2v) is 7.61. The first kappa shape index (κ1) is 19.5. The van der Waals surface area contributed by atoms with Crippen LogP contribution in [0.2, 0.25) is 0 Å². The normalized spacial score (nSPS) is 13.5. The molecule has 136 valence electrons. The molecule has 0 saturated carbocycles. The van der Waals surface area contributed by atoms with E-state index in [1.807, 2.05) is 13.0 Å². The van der Waals surface area contributed by atoms with Gasteiger partial charge in [-0.25, -0.2) is 9.37 Å². The summed E-state index contributed by atoms with van der Waals surface area (Å²) in [7, 11) is -1.09. The highest BCUT2D eigenvalue weighted by molar-refractivity contribution is 7.84. The van der Waals surface area contributed by atoms with E-state index < -0.39 is 10.8 Å². The van der Waals surface area contributed by atoms with Gasteiger partial charge in [-0.1, -0.05) is 19.9 Å². The monoisotopic (exact) mass is 364 g/mol. The maximum absolute atomic E-state index is 13.9. The number of rotatable bonds is 7. The van der Waals surface area contributed by atoms with Crippen molar-refractivity contribution in [3.8, 4) is 0 Å². The van der Waals surface area contributed by atoms with E-state index in [-0.39, 0.29) is 24.8 Å². The van der Waals surface area contributed by atoms with Crippen molar-refractivity contribution in [3.05, 3.63) is 52.7 Å². The molecule has 0 aromatic carbocycles. The summed E-state index contributed by atoms with van der Waals surface area (Å²) >= 11 is 0. The molecular weight excluding hydrogens is 339 g/mol. The molecule has 0 radical (unpaired) electrons. The molecular formula is C18H25FN4OS. The molecule has 5 nitrogen and oxygen atoms in total. The van der Waals surface area contributed by atoms with Gasteiger partial charge in [-0.2, -0.15) is 5.10 Å². The van der Waals surface area contributed by atoms with Gasteiger partial charge >= 0.3 is 0 Å². The minimum Gasteiger partial charge on any atom is -0.327 e. The van der Waals surface area contributed by atoms with Crippen molar-refractivity contribution in [2.24, 2.45) is 5.73 Å². The van der Waals surface area contributed by atoms with Crippen molar-refractivity contribution < 1.29 is 8.60 Å². The number of halogens is 1. The number of aryl methyl sites for hydroxylation is 1. The van der Waals surface area contributed by atoms with E-state index in [4.69, 9.17) is 5.73 Å². The third-order valence-electron chi connectivity index (χ3n) is 3.95. The summed E-state index contributed by atoms with van der Waals surface area (Å²) in [6.07, 6.45) is 5.38. The SMILES string of the molecule is Cc1nn(C/C(F)=C/CN)c(C(C)C)c1Cc1ccc(S(C)=O)nc1. The van der Waals surface area contributed by atoms with Crippen LogP contribution in [0, 0.1) is 6.92 Å². The summed E-state index contributed by atoms with van der Waals surface area (Å²) in [6, 6.07) is 3.71. The Bertz CT molecular complexity index is 781. The van der Waals surface area contributed by atoms with Crippen LogP contribution in [0.4, 0.5) is 4.39 Å². The van der Waals surface area contributed by atoms with E-state index in [9.17, 15) is 8.60 Å². The lowest BCUT2D eigenvalue weighted by Crippen LogP contribution is -2.09. The second-order valence-electron chi connectivity index (χ2n) is 6.28. The highest BCUT2D eigenvalue weighted by atomic mass is 32.2. The van der Waals surface area contributed by atoms with E-state index >= 15 is 0 Å². The Kier molecular flexibility index (Phi) is 6.61. The van der Waals surface area contributed by atoms with Crippen LogP contribution < -0.4 is 5.73 Å². The molecule has 2 aromatic heterocycles. The smallest absolute Gasteiger partial charge is 0.126 e. The van der Waals surface area contributed by atoms with Gasteiger partial charge < -0.3 is 5.73 Å². The highest BCUT2D eigenvalue weighted by Gasteiger charge is 2.19. The predicted octanol–water partition coefficient (Wildman–Crippen LogP) is 2.85. The Morgan fingerprint density at radius 1 is 1.44 bits per heavy atom. The molecule has 0 fully saturated rings. The molecule has 7 heteroatoms. The fraction of sp³-hybridized carbons (Fsp3) is 0.444. The Labute approximate surface area is 150 Å². The van der Waals surface area contributed by atoms with E-state index in [1.54, 1.807) is 23.2 Å². The van der Waals surface area contributed by atoms with Crippen molar-refractivity contribution >= 4 is 10.8 Å². The molecule has 1 atom stereocenters. The number of nitrogens with two attached hydrogens (primary N) is 1. The first-order chi connectivity index (χ1) is 11.8. The maximum Gasteiger partial charge on any atom is 0.126 e. The molecule has 25 heavy (non-hydrogen) atoms. The lowest BCUT2D eigenvalue weighted by atomic mass is 9.98. The minimum absolute atomic E-state index is 0.0948. The van der Waals surface area contributed by atoms with Crippen LogP contribution in [0.5, 0.6) is 0 Å². The van der Waals surface area contributed by atoms with Gasteiger partial charge in [0, 0.05) is 36.7 Å². The lowest BCUT2D eigenvalue weighted by Gasteiger charge is -2.12. The van der Waals surface area contributed by atoms with Crippen molar-refractivity contribution in [2.75, 3.05) is 12.8 Å². The Balaban J connectivity index is 2.35. The molecule has 0 aliphatic carbocycles. The van der Waals surface area contributed by atoms with Crippen LogP contribution in [0.25, 0.3) is 0 Å². The van der Waals surface area contributed by atoms with Crippen molar-refractivity contribution in [3.63, 3.8) is 0 Å². The van der Waals surface area contributed by atoms with Gasteiger partial charge in [0.1, 0.15) is 10.9 Å². The summed E-state index contributed by atoms with van der Waals surface area (Å²) in [5.74, 6) is -0.0767. The molecule has 0 aliphatic rings. The van der Waals surface area contributed by atoms with Gasteiger partial charge in [-0.3, -0.25) is 8.89 Å². The zero-order valence-electron chi connectivity index (χ0n) is 15.1. The predicted molar refractivity (Wildman–Crippen MR) is 98.7 cm³/mol. The zero-order chi connectivity index (χ0) is 18.6. The standard InChI is InChI=1S/C18H25FN4OS/c1-12(2)18-16(9-14-5-6-17(21-10-14)25(4)24)13(3)22-23(18)11-15(19)7-8-20/h5-7,10,12H,8-9,11,20H2,1-4H3/b15-7-. The van der Waals surface area contributed by atoms with Gasteiger partial charge in [-0.05, 0) is 30.5 Å². The fourth-order valence-corrected chi connectivity index (χ4v) is 3.31. The summed E-state index contributed by atoms with van der Waals surface area (Å²) in [5.41, 5.74) is 9.37. The van der Waals surface area contributed by atoms with Crippen LogP contribution in [-0.4, -0.2) is 31.8 Å². The molecule has 0 amide bonds. The van der Waals surface area contributed by atoms with Crippen LogP contribution >= 0.6 is 0 Å². The summed E-state index contributed by atoms with van der Waals surface area (Å²) in [4.78, 5) is 4.25. The molecule has 2 aromatic rings. The Hall–Kier alpha value is -1.86. The van der Waals surface area contributed by atoms with Crippen molar-refractivity contribution in [2.45, 2.75) is 44.7 Å². The van der Waals surface area contributed by atoms with Gasteiger partial charge in [-0.15, -0.1) is 0 Å². The number of aromatic nitrogens is 3. The molecule has 0 spiro atoms. The number of hydrogen-bond donors (Lipinski definition) is 1. The van der Waals surface area contributed by atoms with Gasteiger partial charge in [0.25, 0.3) is 0 Å². The topological polar surface area (TPSA) is 73.8 Å². The van der Waals surface area contributed by atoms with Crippen LogP contribution in [-0.2, 0) is 23.8 Å². The van der Waals surface area contributed by atoms with Crippen LogP contribution in [0.3, 0.4) is 0 Å². The number of hydrogen-bond acceptors (Lipinski definition) is 4. The van der Waals surface area contributed by atoms with Gasteiger partial charge in [0.15, 0.2) is 0 Å². The average molecular weight is 364 g/mol. The van der Waals surface area contributed by atoms with Gasteiger partial charge in [0.2, 0.25) is 0 Å². The summed E-state index contributed by atoms with van der Waals surface area (Å²) < 4.78 is 27.1. The molecule has 2 rings (SSSR count). The Morgan fingerprint density at radius 3 is 2.68 bits per heavy atom. The Morgan fingerprint density at radius 2 is 2.16 bits per heavy atom. The zero-order valence-corrected chi connectivity index (χ0v) is 15.9. The lowest BCUT2D eigenvalue weighted by molar-refractivity contribution is 0.504. The molecule has 2 heterocycles. The van der Waals surface area contributed by atoms with E-state index in [1.165, 1.54) is 6.08 Å². The number of nitrogens with zero attached hydrogens (tertiary/aromatic N) is 3. The maximum atomic E-state index is 13.9. The average Bonchev–Trinajstić information content (AvgIpc) is 2.83. The molecule has 0 bridgehead atoms. The largest absolute Gasteiger partial charge is 0.327 e. The highest BCUT2D eigenvalue weighted by Crippen LogP contribution is 2.26. The fourth-order valence-electron chi connectivity index (χ4n) is 2.85. The third-order valence-corrected chi connectivity index (χ3v) is 4.79. The van der Waals surface area contributed by atoms with E-state index in [0.717, 1.165) is 22.5 Å². The molecule has 2 N–H and O–H groups in total. The first-order valence-electron chi connectivity index (χ1n) is 8.22. The molecule has 1 unspecified atom stereocenters. The van der Waals surface area contributed by atoms with Gasteiger partial charge in [0.05, 0.1) is 23.0 Å².